The van der Waals surface area contributed by atoms with Gasteiger partial charge in [0.15, 0.2) is 0 Å². The Hall–Kier alpha value is -1.26. The summed E-state index contributed by atoms with van der Waals surface area (Å²) in [5, 5.41) is 2.78. The molecule has 0 spiro atoms. The number of hydrogen-bond acceptors (Lipinski definition) is 4. The van der Waals surface area contributed by atoms with Crippen LogP contribution in [0, 0.1) is 17.8 Å². The molecule has 1 saturated carbocycles. The molecule has 31 heavy (non-hydrogen) atoms. The minimum atomic E-state index is -0.620. The SMILES string of the molecule is CCCCCCCCCCOC(=O)C(CCC)NC(=O)OC1CC(C)CCC1C(C)C. The molecule has 0 saturated heterocycles. The lowest BCUT2D eigenvalue weighted by Gasteiger charge is -2.36. The highest BCUT2D eigenvalue weighted by Crippen LogP contribution is 2.35. The third-order valence-corrected chi connectivity index (χ3v) is 6.62. The fraction of sp³-hybridized carbons (Fsp3) is 0.923. The van der Waals surface area contributed by atoms with Crippen LogP contribution in [-0.4, -0.2) is 30.8 Å². The molecule has 1 fully saturated rings. The smallest absolute Gasteiger partial charge is 0.408 e. The van der Waals surface area contributed by atoms with Gasteiger partial charge in [0.1, 0.15) is 12.1 Å². The minimum absolute atomic E-state index is 0.0700. The topological polar surface area (TPSA) is 64.6 Å². The maximum absolute atomic E-state index is 12.6. The summed E-state index contributed by atoms with van der Waals surface area (Å²) < 4.78 is 11.3. The Morgan fingerprint density at radius 1 is 0.935 bits per heavy atom. The lowest BCUT2D eigenvalue weighted by molar-refractivity contribution is -0.146. The van der Waals surface area contributed by atoms with Crippen LogP contribution >= 0.6 is 0 Å². The number of nitrogens with one attached hydrogen (secondary N) is 1. The molecule has 1 amide bonds. The molecule has 182 valence electrons. The van der Waals surface area contributed by atoms with Gasteiger partial charge >= 0.3 is 12.1 Å². The molecular formula is C26H49NO4. The molecular weight excluding hydrogens is 390 g/mol. The van der Waals surface area contributed by atoms with Gasteiger partial charge in [0.25, 0.3) is 0 Å². The summed E-state index contributed by atoms with van der Waals surface area (Å²) in [7, 11) is 0. The Bertz CT molecular complexity index is 494. The molecule has 1 N–H and O–H groups in total. The van der Waals surface area contributed by atoms with Gasteiger partial charge in [-0.15, -0.1) is 0 Å². The fourth-order valence-corrected chi connectivity index (χ4v) is 4.61. The van der Waals surface area contributed by atoms with E-state index in [-0.39, 0.29) is 12.1 Å². The molecule has 0 radical (unpaired) electrons. The van der Waals surface area contributed by atoms with Crippen LogP contribution in [0.3, 0.4) is 0 Å². The number of hydrogen-bond donors (Lipinski definition) is 1. The van der Waals surface area contributed by atoms with Crippen molar-refractivity contribution >= 4 is 12.1 Å². The van der Waals surface area contributed by atoms with Crippen LogP contribution in [0.25, 0.3) is 0 Å². The quantitative estimate of drug-likeness (QED) is 0.220. The average molecular weight is 440 g/mol. The predicted octanol–water partition coefficient (Wildman–Crippen LogP) is 7.03. The number of ether oxygens (including phenoxy) is 2. The zero-order valence-corrected chi connectivity index (χ0v) is 20.9. The molecule has 1 rings (SSSR count). The van der Waals surface area contributed by atoms with Crippen molar-refractivity contribution in [3.63, 3.8) is 0 Å². The Kier molecular flexibility index (Phi) is 14.7. The van der Waals surface area contributed by atoms with Gasteiger partial charge in [0, 0.05) is 0 Å². The first-order valence-electron chi connectivity index (χ1n) is 13.0. The summed E-state index contributed by atoms with van der Waals surface area (Å²) in [6.07, 6.45) is 13.7. The molecule has 4 atom stereocenters. The minimum Gasteiger partial charge on any atom is -0.464 e. The Balaban J connectivity index is 2.35. The van der Waals surface area contributed by atoms with Gasteiger partial charge in [-0.2, -0.15) is 0 Å². The van der Waals surface area contributed by atoms with Crippen molar-refractivity contribution < 1.29 is 19.1 Å². The van der Waals surface area contributed by atoms with Crippen molar-refractivity contribution in [1.82, 2.24) is 5.32 Å². The lowest BCUT2D eigenvalue weighted by atomic mass is 9.75. The van der Waals surface area contributed by atoms with E-state index < -0.39 is 12.1 Å². The van der Waals surface area contributed by atoms with Crippen LogP contribution in [-0.2, 0) is 14.3 Å². The summed E-state index contributed by atoms with van der Waals surface area (Å²) in [4.78, 5) is 25.1. The van der Waals surface area contributed by atoms with E-state index in [1.165, 1.54) is 44.9 Å². The van der Waals surface area contributed by atoms with Crippen molar-refractivity contribution in [2.45, 2.75) is 130 Å². The van der Waals surface area contributed by atoms with E-state index in [4.69, 9.17) is 9.47 Å². The average Bonchev–Trinajstić information content (AvgIpc) is 2.71. The van der Waals surface area contributed by atoms with Crippen LogP contribution in [0.1, 0.15) is 118 Å². The van der Waals surface area contributed by atoms with E-state index in [0.29, 0.717) is 30.8 Å². The highest BCUT2D eigenvalue weighted by molar-refractivity contribution is 5.81. The van der Waals surface area contributed by atoms with Gasteiger partial charge in [-0.25, -0.2) is 9.59 Å². The van der Waals surface area contributed by atoms with Gasteiger partial charge in [-0.1, -0.05) is 92.4 Å². The molecule has 0 aromatic carbocycles. The van der Waals surface area contributed by atoms with Gasteiger partial charge in [0.05, 0.1) is 6.61 Å². The molecule has 0 aliphatic heterocycles. The van der Waals surface area contributed by atoms with Gasteiger partial charge in [-0.05, 0) is 43.4 Å². The third-order valence-electron chi connectivity index (χ3n) is 6.62. The van der Waals surface area contributed by atoms with Crippen LogP contribution < -0.4 is 5.32 Å². The summed E-state index contributed by atoms with van der Waals surface area (Å²) in [6, 6.07) is -0.620. The second kappa shape index (κ2) is 16.4. The van der Waals surface area contributed by atoms with Crippen LogP contribution in [0.4, 0.5) is 4.79 Å². The monoisotopic (exact) mass is 439 g/mol. The van der Waals surface area contributed by atoms with E-state index in [0.717, 1.165) is 32.1 Å². The molecule has 0 aromatic heterocycles. The number of carbonyl (C=O) groups is 2. The second-order valence-corrected chi connectivity index (χ2v) is 9.90. The Morgan fingerprint density at radius 3 is 2.19 bits per heavy atom. The molecule has 1 aliphatic rings. The number of unbranched alkanes of at least 4 members (excludes halogenated alkanes) is 7. The van der Waals surface area contributed by atoms with Gasteiger partial charge in [0.2, 0.25) is 0 Å². The van der Waals surface area contributed by atoms with Crippen LogP contribution in [0.15, 0.2) is 0 Å². The van der Waals surface area contributed by atoms with Crippen molar-refractivity contribution in [3.8, 4) is 0 Å². The lowest BCUT2D eigenvalue weighted by Crippen LogP contribution is -2.45. The van der Waals surface area contributed by atoms with Crippen molar-refractivity contribution in [2.24, 2.45) is 17.8 Å². The fourth-order valence-electron chi connectivity index (χ4n) is 4.61. The van der Waals surface area contributed by atoms with Gasteiger partial charge in [-0.3, -0.25) is 0 Å². The first-order chi connectivity index (χ1) is 14.9. The summed E-state index contributed by atoms with van der Waals surface area (Å²) >= 11 is 0. The molecule has 0 heterocycles. The van der Waals surface area contributed by atoms with E-state index in [1.54, 1.807) is 0 Å². The zero-order valence-electron chi connectivity index (χ0n) is 20.9. The van der Waals surface area contributed by atoms with E-state index >= 15 is 0 Å². The number of amides is 1. The number of alkyl carbamates (subject to hydrolysis) is 1. The molecule has 4 unspecified atom stereocenters. The van der Waals surface area contributed by atoms with Crippen molar-refractivity contribution in [2.75, 3.05) is 6.61 Å². The highest BCUT2D eigenvalue weighted by atomic mass is 16.6. The number of carbonyl (C=O) groups excluding carboxylic acids is 2. The Labute approximate surface area is 191 Å². The van der Waals surface area contributed by atoms with E-state index in [9.17, 15) is 9.59 Å². The van der Waals surface area contributed by atoms with Gasteiger partial charge < -0.3 is 14.8 Å². The first-order valence-corrected chi connectivity index (χ1v) is 13.0. The van der Waals surface area contributed by atoms with Crippen LogP contribution in [0.5, 0.6) is 0 Å². The summed E-state index contributed by atoms with van der Waals surface area (Å²) in [5.74, 6) is 1.10. The number of rotatable bonds is 15. The summed E-state index contributed by atoms with van der Waals surface area (Å²) in [6.45, 7) is 11.3. The Morgan fingerprint density at radius 2 is 1.58 bits per heavy atom. The zero-order chi connectivity index (χ0) is 23.1. The molecule has 5 heteroatoms. The third kappa shape index (κ3) is 11.8. The second-order valence-electron chi connectivity index (χ2n) is 9.90. The number of esters is 1. The highest BCUT2D eigenvalue weighted by Gasteiger charge is 2.34. The van der Waals surface area contributed by atoms with Crippen molar-refractivity contribution in [1.29, 1.82) is 0 Å². The standard InChI is InChI=1S/C26H49NO4/c1-6-8-9-10-11-12-13-14-18-30-25(28)23(15-7-2)27-26(29)31-24-19-21(5)16-17-22(24)20(3)4/h20-24H,6-19H2,1-5H3,(H,27,29). The van der Waals surface area contributed by atoms with Crippen molar-refractivity contribution in [3.05, 3.63) is 0 Å². The largest absolute Gasteiger partial charge is 0.464 e. The molecule has 5 nitrogen and oxygen atoms in total. The maximum atomic E-state index is 12.6. The molecule has 0 aromatic rings. The predicted molar refractivity (Wildman–Crippen MR) is 127 cm³/mol. The van der Waals surface area contributed by atoms with Crippen LogP contribution in [0.2, 0.25) is 0 Å². The normalized spacial score (nSPS) is 22.2. The van der Waals surface area contributed by atoms with E-state index in [2.05, 4.69) is 33.0 Å². The maximum Gasteiger partial charge on any atom is 0.408 e. The first kappa shape index (κ1) is 27.8. The molecule has 0 bridgehead atoms. The molecule has 1 aliphatic carbocycles. The van der Waals surface area contributed by atoms with E-state index in [1.807, 2.05) is 6.92 Å². The summed E-state index contributed by atoms with van der Waals surface area (Å²) in [5.41, 5.74) is 0.